The van der Waals surface area contributed by atoms with Gasteiger partial charge in [0.2, 0.25) is 0 Å². The van der Waals surface area contributed by atoms with E-state index in [0.29, 0.717) is 22.2 Å². The third kappa shape index (κ3) is 2.78. The second-order valence-electron chi connectivity index (χ2n) is 6.00. The van der Waals surface area contributed by atoms with Gasteiger partial charge in [-0.15, -0.1) is 0 Å². The Kier molecular flexibility index (Phi) is 3.57. The average Bonchev–Trinajstić information content (AvgIpc) is 3.38. The zero-order valence-corrected chi connectivity index (χ0v) is 13.6. The minimum absolute atomic E-state index is 0.0416. The summed E-state index contributed by atoms with van der Waals surface area (Å²) >= 11 is 6.13. The van der Waals surface area contributed by atoms with Crippen molar-refractivity contribution >= 4 is 34.1 Å². The van der Waals surface area contributed by atoms with Crippen LogP contribution in [0.5, 0.6) is 0 Å². The Morgan fingerprint density at radius 2 is 1.80 bits per heavy atom. The lowest BCUT2D eigenvalue weighted by atomic mass is 10.0. The van der Waals surface area contributed by atoms with Gasteiger partial charge < -0.3 is 5.32 Å². The largest absolute Gasteiger partial charge is 0.400 e. The molecule has 25 heavy (non-hydrogen) atoms. The summed E-state index contributed by atoms with van der Waals surface area (Å²) in [5.74, 6) is 0.806. The molecule has 0 amide bonds. The number of pyridine rings is 1. The van der Waals surface area contributed by atoms with E-state index >= 15 is 0 Å². The molecule has 1 aliphatic carbocycles. The molecule has 1 fully saturated rings. The van der Waals surface area contributed by atoms with Gasteiger partial charge in [-0.3, -0.25) is 4.98 Å². The van der Waals surface area contributed by atoms with Crippen molar-refractivity contribution < 1.29 is 13.2 Å². The summed E-state index contributed by atoms with van der Waals surface area (Å²) < 4.78 is 39.3. The summed E-state index contributed by atoms with van der Waals surface area (Å²) in [5.41, 5.74) is -1.24. The maximum absolute atomic E-state index is 13.1. The second-order valence-corrected chi connectivity index (χ2v) is 6.41. The fourth-order valence-electron chi connectivity index (χ4n) is 2.76. The smallest absolute Gasteiger partial charge is 0.324 e. The first kappa shape index (κ1) is 16.1. The molecule has 0 aliphatic heterocycles. The number of benzene rings is 1. The molecule has 8 heteroatoms. The van der Waals surface area contributed by atoms with Gasteiger partial charge in [0.25, 0.3) is 0 Å². The predicted molar refractivity (Wildman–Crippen MR) is 89.0 cm³/mol. The molecular weight excluding hydrogens is 353 g/mol. The number of para-hydroxylation sites is 1. The summed E-state index contributed by atoms with van der Waals surface area (Å²) in [4.78, 5) is 12.4. The first-order valence-electron chi connectivity index (χ1n) is 7.61. The molecule has 0 atom stereocenters. The highest BCUT2D eigenvalue weighted by Gasteiger charge is 2.65. The molecular formula is C17H12ClF3N4. The van der Waals surface area contributed by atoms with Crippen LogP contribution in [0.3, 0.4) is 0 Å². The van der Waals surface area contributed by atoms with Gasteiger partial charge in [-0.25, -0.2) is 9.97 Å². The Morgan fingerprint density at radius 1 is 1.00 bits per heavy atom. The number of nitrogens with one attached hydrogen (secondary N) is 1. The lowest BCUT2D eigenvalue weighted by Gasteiger charge is -2.18. The van der Waals surface area contributed by atoms with Crippen molar-refractivity contribution in [3.63, 3.8) is 0 Å². The Balaban J connectivity index is 1.59. The normalized spacial score (nSPS) is 16.0. The zero-order valence-electron chi connectivity index (χ0n) is 12.8. The maximum atomic E-state index is 13.1. The van der Waals surface area contributed by atoms with Crippen LogP contribution in [0.1, 0.15) is 18.5 Å². The van der Waals surface area contributed by atoms with Crippen LogP contribution in [-0.4, -0.2) is 21.1 Å². The summed E-state index contributed by atoms with van der Waals surface area (Å²) in [6, 6.07) is 9.05. The van der Waals surface area contributed by atoms with E-state index in [1.165, 1.54) is 12.4 Å². The van der Waals surface area contributed by atoms with E-state index < -0.39 is 11.6 Å². The minimum Gasteiger partial charge on any atom is -0.324 e. The number of fused-ring (bicyclic) bond motifs is 1. The summed E-state index contributed by atoms with van der Waals surface area (Å²) in [6.07, 6.45) is -1.71. The van der Waals surface area contributed by atoms with Crippen molar-refractivity contribution in [1.82, 2.24) is 15.0 Å². The van der Waals surface area contributed by atoms with Crippen molar-refractivity contribution in [3.8, 4) is 0 Å². The van der Waals surface area contributed by atoms with Gasteiger partial charge in [-0.05, 0) is 31.0 Å². The Bertz CT molecular complexity index is 937. The van der Waals surface area contributed by atoms with E-state index in [1.54, 1.807) is 12.1 Å². The highest BCUT2D eigenvalue weighted by atomic mass is 35.5. The molecule has 0 radical (unpaired) electrons. The van der Waals surface area contributed by atoms with Crippen LogP contribution in [0.25, 0.3) is 10.9 Å². The van der Waals surface area contributed by atoms with Gasteiger partial charge in [0.1, 0.15) is 17.1 Å². The number of anilines is 2. The first-order chi connectivity index (χ1) is 11.9. The highest BCUT2D eigenvalue weighted by molar-refractivity contribution is 6.35. The van der Waals surface area contributed by atoms with Gasteiger partial charge in [0.15, 0.2) is 0 Å². The molecule has 128 valence electrons. The number of nitrogens with zero attached hydrogens (tertiary/aromatic N) is 3. The standard InChI is InChI=1S/C17H12ClF3N4/c18-11-3-1-2-10-4-5-13(25-15(10)11)24-14-9-22-12(8-23-14)16(6-7-16)17(19,20)21/h1-5,8-9H,6-7H2,(H,23,24,25). The van der Waals surface area contributed by atoms with E-state index in [1.807, 2.05) is 18.2 Å². The molecule has 1 aromatic carbocycles. The lowest BCUT2D eigenvalue weighted by Crippen LogP contribution is -2.29. The number of aromatic nitrogens is 3. The van der Waals surface area contributed by atoms with Crippen LogP contribution in [0.4, 0.5) is 24.8 Å². The molecule has 1 aliphatic rings. The predicted octanol–water partition coefficient (Wildman–Crippen LogP) is 5.02. The Labute approximate surface area is 146 Å². The minimum atomic E-state index is -4.30. The van der Waals surface area contributed by atoms with Gasteiger partial charge in [0, 0.05) is 5.39 Å². The summed E-state index contributed by atoms with van der Waals surface area (Å²) in [6.45, 7) is 0. The average molecular weight is 365 g/mol. The first-order valence-corrected chi connectivity index (χ1v) is 7.98. The van der Waals surface area contributed by atoms with Crippen LogP contribution in [-0.2, 0) is 5.41 Å². The number of alkyl halides is 3. The summed E-state index contributed by atoms with van der Waals surface area (Å²) in [7, 11) is 0. The van der Waals surface area contributed by atoms with Crippen molar-refractivity contribution in [3.05, 3.63) is 53.4 Å². The molecule has 2 heterocycles. The van der Waals surface area contributed by atoms with Crippen molar-refractivity contribution in [2.45, 2.75) is 24.4 Å². The quantitative estimate of drug-likeness (QED) is 0.709. The Hall–Kier alpha value is -2.41. The van der Waals surface area contributed by atoms with E-state index in [9.17, 15) is 13.2 Å². The van der Waals surface area contributed by atoms with Gasteiger partial charge in [0.05, 0.1) is 28.6 Å². The monoisotopic (exact) mass is 364 g/mol. The SMILES string of the molecule is FC(F)(F)C1(c2cnc(Nc3ccc4cccc(Cl)c4n3)cn2)CC1. The number of rotatable bonds is 3. The third-order valence-electron chi connectivity index (χ3n) is 4.36. The van der Waals surface area contributed by atoms with Gasteiger partial charge >= 0.3 is 6.18 Å². The molecule has 0 bridgehead atoms. The highest BCUT2D eigenvalue weighted by Crippen LogP contribution is 2.58. The summed E-state index contributed by atoms with van der Waals surface area (Å²) in [5, 5.41) is 4.34. The van der Waals surface area contributed by atoms with Crippen LogP contribution in [0, 0.1) is 0 Å². The third-order valence-corrected chi connectivity index (χ3v) is 4.67. The van der Waals surface area contributed by atoms with E-state index in [0.717, 1.165) is 5.39 Å². The number of hydrogen-bond acceptors (Lipinski definition) is 4. The van der Waals surface area contributed by atoms with Crippen molar-refractivity contribution in [1.29, 1.82) is 0 Å². The molecule has 4 nitrogen and oxygen atoms in total. The van der Waals surface area contributed by atoms with Crippen molar-refractivity contribution in [2.75, 3.05) is 5.32 Å². The lowest BCUT2D eigenvalue weighted by molar-refractivity contribution is -0.161. The van der Waals surface area contributed by atoms with E-state index in [2.05, 4.69) is 20.3 Å². The van der Waals surface area contributed by atoms with Gasteiger partial charge in [-0.2, -0.15) is 13.2 Å². The molecule has 1 N–H and O–H groups in total. The molecule has 2 aromatic heterocycles. The molecule has 0 spiro atoms. The number of hydrogen-bond donors (Lipinski definition) is 1. The van der Waals surface area contributed by atoms with E-state index in [-0.39, 0.29) is 18.5 Å². The van der Waals surface area contributed by atoms with Crippen molar-refractivity contribution in [2.24, 2.45) is 0 Å². The molecule has 1 saturated carbocycles. The fourth-order valence-corrected chi connectivity index (χ4v) is 2.99. The molecule has 3 aromatic rings. The number of halogens is 4. The Morgan fingerprint density at radius 3 is 2.44 bits per heavy atom. The fraction of sp³-hybridized carbons (Fsp3) is 0.235. The topological polar surface area (TPSA) is 50.7 Å². The molecule has 4 rings (SSSR count). The van der Waals surface area contributed by atoms with Crippen LogP contribution < -0.4 is 5.32 Å². The maximum Gasteiger partial charge on any atom is 0.400 e. The second kappa shape index (κ2) is 5.56. The molecule has 0 saturated heterocycles. The zero-order chi connectivity index (χ0) is 17.7. The van der Waals surface area contributed by atoms with Crippen LogP contribution >= 0.6 is 11.6 Å². The van der Waals surface area contributed by atoms with Crippen LogP contribution in [0.15, 0.2) is 42.7 Å². The van der Waals surface area contributed by atoms with Gasteiger partial charge in [-0.1, -0.05) is 23.7 Å². The molecule has 0 unspecified atom stereocenters. The van der Waals surface area contributed by atoms with Crippen LogP contribution in [0.2, 0.25) is 5.02 Å². The van der Waals surface area contributed by atoms with E-state index in [4.69, 9.17) is 11.6 Å².